The Morgan fingerprint density at radius 1 is 0.743 bits per heavy atom. The molecule has 10 nitrogen and oxygen atoms in total. The molecular weight excluding hydrogens is 496 g/mol. The molecule has 0 unspecified atom stereocenters. The summed E-state index contributed by atoms with van der Waals surface area (Å²) in [6, 6.07) is 14.1. The number of hydrogen-bond acceptors (Lipinski definition) is 10. The minimum atomic E-state index is -4.33. The summed E-state index contributed by atoms with van der Waals surface area (Å²) in [7, 11) is -8.60. The summed E-state index contributed by atoms with van der Waals surface area (Å²) in [5.74, 6) is -0.910. The maximum atomic E-state index is 12.5. The normalized spacial score (nSPS) is 12.6. The van der Waals surface area contributed by atoms with Gasteiger partial charge < -0.3 is 10.2 Å². The van der Waals surface area contributed by atoms with Crippen LogP contribution in [-0.2, 0) is 28.8 Å². The average molecular weight is 519 g/mol. The van der Waals surface area contributed by atoms with Crippen molar-refractivity contribution in [2.45, 2.75) is 30.6 Å². The van der Waals surface area contributed by atoms with Gasteiger partial charge in [-0.05, 0) is 57.2 Å². The van der Waals surface area contributed by atoms with Crippen LogP contribution in [0.5, 0.6) is 11.5 Å². The summed E-state index contributed by atoms with van der Waals surface area (Å²) in [5, 5.41) is 26.8. The standard InChI is InChI=1S/C23H22N2O8S2/c1-15-4-8-18(9-5-15)34(28,29)32-24-14-21(20-12-13-22(26)23(27)17(20)3)25-33-35(30,31)19-10-6-16(2)7-11-19/h4-14,26-27H,1-3H3. The molecule has 0 heterocycles. The van der Waals surface area contributed by atoms with Crippen LogP contribution in [0, 0.1) is 20.8 Å². The van der Waals surface area contributed by atoms with Gasteiger partial charge in [-0.1, -0.05) is 45.7 Å². The number of rotatable bonds is 8. The molecule has 0 aliphatic heterocycles. The highest BCUT2D eigenvalue weighted by molar-refractivity contribution is 7.87. The zero-order chi connectivity index (χ0) is 25.8. The molecule has 0 bridgehead atoms. The SMILES string of the molecule is Cc1ccc(S(=O)(=O)ON=CC(=NOS(=O)(=O)c2ccc(C)cc2)c2ccc(O)c(O)c2C)cc1. The smallest absolute Gasteiger partial charge is 0.358 e. The third kappa shape index (κ3) is 6.16. The third-order valence-corrected chi connectivity index (χ3v) is 7.11. The number of nitrogens with zero attached hydrogens (tertiary/aromatic N) is 2. The maximum absolute atomic E-state index is 12.5. The molecule has 0 amide bonds. The van der Waals surface area contributed by atoms with Crippen molar-refractivity contribution in [1.29, 1.82) is 0 Å². The van der Waals surface area contributed by atoms with Gasteiger partial charge in [-0.2, -0.15) is 16.8 Å². The molecule has 0 fully saturated rings. The molecule has 0 aliphatic rings. The molecule has 35 heavy (non-hydrogen) atoms. The molecule has 184 valence electrons. The van der Waals surface area contributed by atoms with Gasteiger partial charge in [0.15, 0.2) is 11.5 Å². The van der Waals surface area contributed by atoms with Crippen molar-refractivity contribution in [2.24, 2.45) is 10.3 Å². The predicted octanol–water partition coefficient (Wildman–Crippen LogP) is 3.52. The summed E-state index contributed by atoms with van der Waals surface area (Å²) in [6.07, 6.45) is 0.815. The Morgan fingerprint density at radius 2 is 1.23 bits per heavy atom. The van der Waals surface area contributed by atoms with Crippen molar-refractivity contribution in [2.75, 3.05) is 0 Å². The van der Waals surface area contributed by atoms with Gasteiger partial charge in [0.05, 0.1) is 6.21 Å². The molecular formula is C23H22N2O8S2. The number of aryl methyl sites for hydroxylation is 2. The van der Waals surface area contributed by atoms with Crippen molar-refractivity contribution in [3.05, 3.63) is 82.9 Å². The Kier molecular flexibility index (Phi) is 7.46. The Balaban J connectivity index is 1.96. The number of hydrogen-bond donors (Lipinski definition) is 2. The molecule has 12 heteroatoms. The quantitative estimate of drug-likeness (QED) is 0.261. The molecule has 2 N–H and O–H groups in total. The van der Waals surface area contributed by atoms with Crippen LogP contribution in [0.2, 0.25) is 0 Å². The van der Waals surface area contributed by atoms with Crippen molar-refractivity contribution < 1.29 is 35.6 Å². The minimum Gasteiger partial charge on any atom is -0.504 e. The van der Waals surface area contributed by atoms with Gasteiger partial charge in [-0.3, -0.25) is 8.57 Å². The van der Waals surface area contributed by atoms with Gasteiger partial charge in [-0.15, -0.1) is 0 Å². The van der Waals surface area contributed by atoms with E-state index in [2.05, 4.69) is 14.6 Å². The van der Waals surface area contributed by atoms with E-state index in [1.807, 2.05) is 0 Å². The highest BCUT2D eigenvalue weighted by Gasteiger charge is 2.19. The van der Waals surface area contributed by atoms with E-state index in [9.17, 15) is 27.0 Å². The summed E-state index contributed by atoms with van der Waals surface area (Å²) < 4.78 is 59.3. The van der Waals surface area contributed by atoms with Gasteiger partial charge in [0.25, 0.3) is 0 Å². The molecule has 3 rings (SSSR count). The van der Waals surface area contributed by atoms with Crippen LogP contribution in [0.1, 0.15) is 22.3 Å². The summed E-state index contributed by atoms with van der Waals surface area (Å²) >= 11 is 0. The van der Waals surface area contributed by atoms with Crippen molar-refractivity contribution in [3.8, 4) is 11.5 Å². The second-order valence-electron chi connectivity index (χ2n) is 7.50. The van der Waals surface area contributed by atoms with E-state index in [0.717, 1.165) is 23.4 Å². The lowest BCUT2D eigenvalue weighted by Crippen LogP contribution is -2.11. The van der Waals surface area contributed by atoms with E-state index < -0.39 is 31.7 Å². The fraction of sp³-hybridized carbons (Fsp3) is 0.130. The molecule has 0 radical (unpaired) electrons. The van der Waals surface area contributed by atoms with Gasteiger partial charge in [0.1, 0.15) is 15.5 Å². The second kappa shape index (κ2) is 10.2. The Labute approximate surface area is 203 Å². The van der Waals surface area contributed by atoms with Crippen LogP contribution in [0.25, 0.3) is 0 Å². The number of aromatic hydroxyl groups is 2. The molecule has 3 aromatic rings. The summed E-state index contributed by atoms with van der Waals surface area (Å²) in [6.45, 7) is 5.00. The number of oxime groups is 2. The Bertz CT molecular complexity index is 1490. The first kappa shape index (κ1) is 25.7. The fourth-order valence-electron chi connectivity index (χ4n) is 2.82. The number of phenolic OH excluding ortho intramolecular Hbond substituents is 2. The zero-order valence-corrected chi connectivity index (χ0v) is 20.5. The number of benzene rings is 3. The van der Waals surface area contributed by atoms with E-state index in [0.29, 0.717) is 0 Å². The average Bonchev–Trinajstić information content (AvgIpc) is 2.81. The highest BCUT2D eigenvalue weighted by atomic mass is 32.2. The van der Waals surface area contributed by atoms with Crippen molar-refractivity contribution >= 4 is 32.2 Å². The van der Waals surface area contributed by atoms with Crippen LogP contribution < -0.4 is 0 Å². The van der Waals surface area contributed by atoms with Crippen LogP contribution in [0.3, 0.4) is 0 Å². The van der Waals surface area contributed by atoms with Crippen LogP contribution in [0.4, 0.5) is 0 Å². The molecule has 0 saturated heterocycles. The lowest BCUT2D eigenvalue weighted by Gasteiger charge is -2.09. The van der Waals surface area contributed by atoms with E-state index in [4.69, 9.17) is 4.28 Å². The fourth-order valence-corrected chi connectivity index (χ4v) is 4.26. The van der Waals surface area contributed by atoms with Crippen LogP contribution in [-0.4, -0.2) is 39.0 Å². The molecule has 0 atom stereocenters. The first-order valence-corrected chi connectivity index (χ1v) is 12.9. The predicted molar refractivity (Wildman–Crippen MR) is 128 cm³/mol. The van der Waals surface area contributed by atoms with E-state index in [1.54, 1.807) is 38.1 Å². The molecule has 0 aliphatic carbocycles. The lowest BCUT2D eigenvalue weighted by molar-refractivity contribution is 0.335. The molecule has 3 aromatic carbocycles. The van der Waals surface area contributed by atoms with Gasteiger partial charge in [0, 0.05) is 11.1 Å². The second-order valence-corrected chi connectivity index (χ2v) is 10.6. The maximum Gasteiger partial charge on any atom is 0.358 e. The minimum absolute atomic E-state index is 0.0967. The van der Waals surface area contributed by atoms with E-state index >= 15 is 0 Å². The largest absolute Gasteiger partial charge is 0.504 e. The summed E-state index contributed by atoms with van der Waals surface area (Å²) in [4.78, 5) is -0.304. The van der Waals surface area contributed by atoms with Gasteiger partial charge >= 0.3 is 20.2 Å². The van der Waals surface area contributed by atoms with E-state index in [1.165, 1.54) is 37.3 Å². The van der Waals surface area contributed by atoms with Crippen LogP contribution >= 0.6 is 0 Å². The lowest BCUT2D eigenvalue weighted by atomic mass is 10.0. The number of phenols is 2. The molecule has 0 aromatic heterocycles. The molecule has 0 spiro atoms. The Hall–Kier alpha value is -3.90. The monoisotopic (exact) mass is 518 g/mol. The summed E-state index contributed by atoms with van der Waals surface area (Å²) in [5.41, 5.74) is 1.58. The Morgan fingerprint density at radius 3 is 1.74 bits per heavy atom. The third-order valence-electron chi connectivity index (χ3n) is 4.85. The van der Waals surface area contributed by atoms with Crippen molar-refractivity contribution in [3.63, 3.8) is 0 Å². The van der Waals surface area contributed by atoms with E-state index in [-0.39, 0.29) is 26.6 Å². The van der Waals surface area contributed by atoms with Gasteiger partial charge in [-0.25, -0.2) is 0 Å². The molecule has 0 saturated carbocycles. The highest BCUT2D eigenvalue weighted by Crippen LogP contribution is 2.31. The topological polar surface area (TPSA) is 152 Å². The first-order valence-electron chi connectivity index (χ1n) is 10.0. The van der Waals surface area contributed by atoms with Crippen molar-refractivity contribution in [1.82, 2.24) is 0 Å². The van der Waals surface area contributed by atoms with Crippen LogP contribution in [0.15, 0.2) is 80.8 Å². The van der Waals surface area contributed by atoms with Gasteiger partial charge in [0.2, 0.25) is 0 Å². The zero-order valence-electron chi connectivity index (χ0n) is 18.9. The first-order chi connectivity index (χ1) is 16.4.